The maximum Gasteiger partial charge on any atom is 0.225 e. The number of carbonyl (C=O) groups excluding carboxylic acids is 1. The summed E-state index contributed by atoms with van der Waals surface area (Å²) in [4.78, 5) is 25.2. The minimum Gasteiger partial charge on any atom is -0.391 e. The van der Waals surface area contributed by atoms with Crippen molar-refractivity contribution in [3.05, 3.63) is 36.0 Å². The summed E-state index contributed by atoms with van der Waals surface area (Å²) in [5.41, 5.74) is 6.17. The number of amides is 1. The van der Waals surface area contributed by atoms with Gasteiger partial charge in [0, 0.05) is 12.0 Å². The van der Waals surface area contributed by atoms with Crippen molar-refractivity contribution >= 4 is 34.7 Å². The van der Waals surface area contributed by atoms with Gasteiger partial charge in [-0.3, -0.25) is 9.36 Å². The van der Waals surface area contributed by atoms with Crippen LogP contribution < -0.4 is 16.4 Å². The van der Waals surface area contributed by atoms with Crippen molar-refractivity contribution in [2.45, 2.75) is 63.1 Å². The van der Waals surface area contributed by atoms with E-state index in [-0.39, 0.29) is 35.5 Å². The highest BCUT2D eigenvalue weighted by Crippen LogP contribution is 2.37. The van der Waals surface area contributed by atoms with Crippen LogP contribution in [0.2, 0.25) is 0 Å². The normalized spacial score (nSPS) is 24.9. The third-order valence-corrected chi connectivity index (χ3v) is 6.89. The Morgan fingerprint density at radius 2 is 1.82 bits per heavy atom. The number of anilines is 3. The summed E-state index contributed by atoms with van der Waals surface area (Å²) in [6.07, 6.45) is 6.06. The molecule has 0 radical (unpaired) electrons. The maximum atomic E-state index is 14.4. The van der Waals surface area contributed by atoms with E-state index in [2.05, 4.69) is 25.6 Å². The first-order valence-electron chi connectivity index (χ1n) is 11.6. The quantitative estimate of drug-likeness (QED) is 0.433. The summed E-state index contributed by atoms with van der Waals surface area (Å²) in [7, 11) is 0. The van der Waals surface area contributed by atoms with Crippen LogP contribution in [0.25, 0.3) is 11.2 Å². The van der Waals surface area contributed by atoms with Gasteiger partial charge in [0.1, 0.15) is 22.8 Å². The molecule has 0 saturated heterocycles. The van der Waals surface area contributed by atoms with Crippen LogP contribution in [0.4, 0.5) is 26.4 Å². The Morgan fingerprint density at radius 3 is 2.47 bits per heavy atom. The number of para-hydroxylation sites is 1. The Kier molecular flexibility index (Phi) is 6.03. The van der Waals surface area contributed by atoms with Gasteiger partial charge >= 0.3 is 0 Å². The second-order valence-corrected chi connectivity index (χ2v) is 9.09. The number of carbonyl (C=O) groups is 1. The van der Waals surface area contributed by atoms with Crippen LogP contribution in [0.3, 0.4) is 0 Å². The third kappa shape index (κ3) is 4.27. The number of aromatic nitrogens is 4. The van der Waals surface area contributed by atoms with Gasteiger partial charge < -0.3 is 21.5 Å². The molecule has 11 heteroatoms. The monoisotopic (exact) mass is 471 g/mol. The number of halogens is 2. The summed E-state index contributed by atoms with van der Waals surface area (Å²) >= 11 is 0. The van der Waals surface area contributed by atoms with E-state index in [1.165, 1.54) is 18.2 Å². The van der Waals surface area contributed by atoms with Gasteiger partial charge in [-0.05, 0) is 57.1 Å². The van der Waals surface area contributed by atoms with Crippen molar-refractivity contribution in [2.24, 2.45) is 11.7 Å². The fourth-order valence-electron chi connectivity index (χ4n) is 5.02. The number of imidazole rings is 1. The molecule has 5 rings (SSSR count). The highest BCUT2D eigenvalue weighted by atomic mass is 19.1. The molecule has 9 nitrogen and oxygen atoms in total. The molecule has 3 aromatic rings. The number of fused-ring (bicyclic) bond motifs is 1. The molecule has 2 heterocycles. The standard InChI is InChI=1S/C23H27F2N7O2/c24-14-3-1-4-15(25)19(14)30-23-29-17-11-27-22(28-16-5-2-6-18(16)33)31-21(17)32(23)13-9-7-12(8-10-13)20(26)34/h1,3-4,11-13,16,18,33H,2,5-10H2,(H2,26,34)(H,29,30)(H,27,28,31)/t12-,13-,16-,18-/m0/s1. The molecule has 2 atom stereocenters. The number of aliphatic hydroxyl groups is 1. The zero-order chi connectivity index (χ0) is 23.8. The lowest BCUT2D eigenvalue weighted by atomic mass is 9.85. The highest BCUT2D eigenvalue weighted by Gasteiger charge is 2.30. The van der Waals surface area contributed by atoms with Gasteiger partial charge in [0.2, 0.25) is 17.8 Å². The molecule has 2 saturated carbocycles. The maximum absolute atomic E-state index is 14.4. The van der Waals surface area contributed by atoms with E-state index in [9.17, 15) is 18.7 Å². The zero-order valence-electron chi connectivity index (χ0n) is 18.5. The van der Waals surface area contributed by atoms with Gasteiger partial charge in [0.25, 0.3) is 0 Å². The molecule has 0 aliphatic heterocycles. The van der Waals surface area contributed by atoms with Crippen molar-refractivity contribution in [3.8, 4) is 0 Å². The summed E-state index contributed by atoms with van der Waals surface area (Å²) in [5, 5.41) is 16.2. The van der Waals surface area contributed by atoms with E-state index in [4.69, 9.17) is 5.73 Å². The number of rotatable bonds is 6. The molecule has 2 aliphatic rings. The summed E-state index contributed by atoms with van der Waals surface area (Å²) in [5.74, 6) is -1.38. The topological polar surface area (TPSA) is 131 Å². The molecular weight excluding hydrogens is 444 g/mol. The van der Waals surface area contributed by atoms with Gasteiger partial charge in [-0.2, -0.15) is 4.98 Å². The first-order valence-corrected chi connectivity index (χ1v) is 11.6. The number of primary amides is 1. The SMILES string of the molecule is NC(=O)[C@H]1CC[C@H](n2c(Nc3c(F)cccc3F)nc3cnc(N[C@H]4CCC[C@@H]4O)nc32)CC1. The van der Waals surface area contributed by atoms with Crippen LogP contribution in [-0.2, 0) is 4.79 Å². The number of hydrogen-bond acceptors (Lipinski definition) is 7. The summed E-state index contributed by atoms with van der Waals surface area (Å²) < 4.78 is 30.6. The number of nitrogens with one attached hydrogen (secondary N) is 2. The van der Waals surface area contributed by atoms with Crippen molar-refractivity contribution in [1.29, 1.82) is 0 Å². The van der Waals surface area contributed by atoms with Crippen LogP contribution in [0.15, 0.2) is 24.4 Å². The molecule has 1 amide bonds. The van der Waals surface area contributed by atoms with E-state index in [1.807, 2.05) is 4.57 Å². The number of nitrogens with two attached hydrogens (primary N) is 1. The highest BCUT2D eigenvalue weighted by molar-refractivity contribution is 5.78. The second kappa shape index (κ2) is 9.13. The number of aliphatic hydroxyl groups excluding tert-OH is 1. The Balaban J connectivity index is 1.53. The van der Waals surface area contributed by atoms with Crippen LogP contribution in [0.5, 0.6) is 0 Å². The Morgan fingerprint density at radius 1 is 1.09 bits per heavy atom. The molecule has 34 heavy (non-hydrogen) atoms. The fourth-order valence-corrected chi connectivity index (χ4v) is 5.02. The van der Waals surface area contributed by atoms with Gasteiger partial charge in [0.15, 0.2) is 5.65 Å². The largest absolute Gasteiger partial charge is 0.391 e. The molecule has 0 bridgehead atoms. The van der Waals surface area contributed by atoms with Crippen LogP contribution in [-0.4, -0.2) is 42.7 Å². The van der Waals surface area contributed by atoms with Crippen LogP contribution in [0, 0.1) is 17.6 Å². The zero-order valence-corrected chi connectivity index (χ0v) is 18.5. The summed E-state index contributed by atoms with van der Waals surface area (Å²) in [6, 6.07) is 3.41. The van der Waals surface area contributed by atoms with E-state index in [0.717, 1.165) is 19.3 Å². The van der Waals surface area contributed by atoms with Gasteiger partial charge in [0.05, 0.1) is 18.3 Å². The molecule has 180 valence electrons. The fraction of sp³-hybridized carbons (Fsp3) is 0.478. The molecule has 2 aromatic heterocycles. The predicted octanol–water partition coefficient (Wildman–Crippen LogP) is 3.39. The van der Waals surface area contributed by atoms with Gasteiger partial charge in [-0.1, -0.05) is 6.07 Å². The molecule has 1 aromatic carbocycles. The Labute approximate surface area is 194 Å². The third-order valence-electron chi connectivity index (χ3n) is 6.89. The molecule has 2 fully saturated rings. The first-order chi connectivity index (χ1) is 16.4. The Hall–Kier alpha value is -3.34. The lowest BCUT2D eigenvalue weighted by Gasteiger charge is -2.29. The number of hydrogen-bond donors (Lipinski definition) is 4. The lowest BCUT2D eigenvalue weighted by Crippen LogP contribution is -2.29. The van der Waals surface area contributed by atoms with Crippen molar-refractivity contribution in [1.82, 2.24) is 19.5 Å². The molecular formula is C23H27F2N7O2. The van der Waals surface area contributed by atoms with Crippen LogP contribution >= 0.6 is 0 Å². The van der Waals surface area contributed by atoms with E-state index in [1.54, 1.807) is 6.20 Å². The summed E-state index contributed by atoms with van der Waals surface area (Å²) in [6.45, 7) is 0. The minimum atomic E-state index is -0.736. The Bertz CT molecular complexity index is 1190. The minimum absolute atomic E-state index is 0.0993. The number of nitrogens with zero attached hydrogens (tertiary/aromatic N) is 4. The average Bonchev–Trinajstić information content (AvgIpc) is 3.39. The lowest BCUT2D eigenvalue weighted by molar-refractivity contribution is -0.122. The van der Waals surface area contributed by atoms with E-state index in [0.29, 0.717) is 42.8 Å². The van der Waals surface area contributed by atoms with Crippen molar-refractivity contribution in [2.75, 3.05) is 10.6 Å². The number of benzene rings is 1. The molecule has 0 unspecified atom stereocenters. The van der Waals surface area contributed by atoms with Crippen molar-refractivity contribution < 1.29 is 18.7 Å². The average molecular weight is 472 g/mol. The second-order valence-electron chi connectivity index (χ2n) is 9.09. The smallest absolute Gasteiger partial charge is 0.225 e. The first kappa shape index (κ1) is 22.5. The molecule has 2 aliphatic carbocycles. The predicted molar refractivity (Wildman–Crippen MR) is 122 cm³/mol. The molecule has 0 spiro atoms. The van der Waals surface area contributed by atoms with Gasteiger partial charge in [-0.15, -0.1) is 0 Å². The van der Waals surface area contributed by atoms with Crippen LogP contribution in [0.1, 0.15) is 51.0 Å². The van der Waals surface area contributed by atoms with E-state index < -0.39 is 17.7 Å². The van der Waals surface area contributed by atoms with E-state index >= 15 is 0 Å². The molecule has 5 N–H and O–H groups in total. The van der Waals surface area contributed by atoms with Crippen molar-refractivity contribution in [3.63, 3.8) is 0 Å². The van der Waals surface area contributed by atoms with Gasteiger partial charge in [-0.25, -0.2) is 18.7 Å².